The zero-order chi connectivity index (χ0) is 15.5. The zero-order valence-electron chi connectivity index (χ0n) is 13.6. The minimum absolute atomic E-state index is 0.0874. The molecular weight excluding hydrogens is 281 g/mol. The molecule has 122 valence electrons. The first-order valence-corrected chi connectivity index (χ1v) is 8.17. The van der Waals surface area contributed by atoms with E-state index in [4.69, 9.17) is 4.74 Å². The predicted molar refractivity (Wildman–Crippen MR) is 86.8 cm³/mol. The number of likely N-dealkylation sites (N-methyl/N-ethyl adjacent to an activating group) is 1. The van der Waals surface area contributed by atoms with Crippen LogP contribution in [0.25, 0.3) is 0 Å². The third kappa shape index (κ3) is 3.59. The van der Waals surface area contributed by atoms with E-state index in [0.717, 1.165) is 57.2 Å². The quantitative estimate of drug-likeness (QED) is 0.847. The van der Waals surface area contributed by atoms with Crippen molar-refractivity contribution in [3.63, 3.8) is 0 Å². The van der Waals surface area contributed by atoms with Gasteiger partial charge in [-0.05, 0) is 26.1 Å². The maximum Gasteiger partial charge on any atom is 0.129 e. The van der Waals surface area contributed by atoms with Crippen LogP contribution in [0.4, 0.5) is 10.1 Å². The van der Waals surface area contributed by atoms with Crippen LogP contribution in [0.1, 0.15) is 12.5 Å². The second-order valence-corrected chi connectivity index (χ2v) is 6.44. The van der Waals surface area contributed by atoms with Crippen LogP contribution in [0.2, 0.25) is 0 Å². The Balaban J connectivity index is 1.64. The van der Waals surface area contributed by atoms with E-state index < -0.39 is 0 Å². The summed E-state index contributed by atoms with van der Waals surface area (Å²) in [6.45, 7) is 9.12. The van der Waals surface area contributed by atoms with Crippen molar-refractivity contribution in [2.24, 2.45) is 0 Å². The minimum Gasteiger partial charge on any atom is -0.378 e. The molecule has 0 amide bonds. The number of hydrogen-bond acceptors (Lipinski definition) is 4. The van der Waals surface area contributed by atoms with Crippen LogP contribution in [-0.4, -0.2) is 68.8 Å². The number of halogens is 1. The van der Waals surface area contributed by atoms with Crippen LogP contribution < -0.4 is 4.90 Å². The van der Waals surface area contributed by atoms with E-state index in [-0.39, 0.29) is 5.82 Å². The third-order valence-corrected chi connectivity index (χ3v) is 4.85. The van der Waals surface area contributed by atoms with E-state index in [9.17, 15) is 4.39 Å². The molecule has 2 saturated heterocycles. The summed E-state index contributed by atoms with van der Waals surface area (Å²) in [5.41, 5.74) is 1.77. The molecule has 0 aromatic heterocycles. The van der Waals surface area contributed by atoms with Crippen molar-refractivity contribution >= 4 is 5.69 Å². The maximum absolute atomic E-state index is 14.4. The van der Waals surface area contributed by atoms with Gasteiger partial charge in [-0.25, -0.2) is 4.39 Å². The molecule has 4 nitrogen and oxygen atoms in total. The van der Waals surface area contributed by atoms with Gasteiger partial charge in [-0.15, -0.1) is 0 Å². The lowest BCUT2D eigenvalue weighted by molar-refractivity contribution is 0.0991. The zero-order valence-corrected chi connectivity index (χ0v) is 13.6. The van der Waals surface area contributed by atoms with Gasteiger partial charge in [-0.1, -0.05) is 6.07 Å². The van der Waals surface area contributed by atoms with Crippen molar-refractivity contribution in [1.82, 2.24) is 9.80 Å². The summed E-state index contributed by atoms with van der Waals surface area (Å²) in [5.74, 6) is -0.0874. The van der Waals surface area contributed by atoms with Crippen molar-refractivity contribution in [3.8, 4) is 0 Å². The van der Waals surface area contributed by atoms with Crippen molar-refractivity contribution in [2.45, 2.75) is 19.5 Å². The average molecular weight is 307 g/mol. The van der Waals surface area contributed by atoms with E-state index in [1.807, 2.05) is 12.1 Å². The van der Waals surface area contributed by atoms with Crippen molar-refractivity contribution in [3.05, 3.63) is 29.6 Å². The van der Waals surface area contributed by atoms with Gasteiger partial charge in [-0.2, -0.15) is 0 Å². The summed E-state index contributed by atoms with van der Waals surface area (Å²) in [7, 11) is 2.15. The second kappa shape index (κ2) is 6.94. The van der Waals surface area contributed by atoms with Crippen LogP contribution in [0.5, 0.6) is 0 Å². The van der Waals surface area contributed by atoms with Crippen LogP contribution in [0, 0.1) is 5.82 Å². The number of benzene rings is 1. The number of ether oxygens (including phenoxy) is 1. The summed E-state index contributed by atoms with van der Waals surface area (Å²) >= 11 is 0. The summed E-state index contributed by atoms with van der Waals surface area (Å²) < 4.78 is 19.8. The van der Waals surface area contributed by atoms with Gasteiger partial charge in [0.2, 0.25) is 0 Å². The molecule has 2 heterocycles. The first-order chi connectivity index (χ1) is 10.6. The van der Waals surface area contributed by atoms with Crippen LogP contribution in [0.3, 0.4) is 0 Å². The fourth-order valence-corrected chi connectivity index (χ4v) is 3.19. The minimum atomic E-state index is -0.0874. The smallest absolute Gasteiger partial charge is 0.129 e. The molecule has 0 aliphatic carbocycles. The van der Waals surface area contributed by atoms with Gasteiger partial charge in [0.05, 0.1) is 13.2 Å². The summed E-state index contributed by atoms with van der Waals surface area (Å²) in [5, 5.41) is 0. The van der Waals surface area contributed by atoms with Gasteiger partial charge in [0.1, 0.15) is 5.82 Å². The first-order valence-electron chi connectivity index (χ1n) is 8.17. The van der Waals surface area contributed by atoms with E-state index in [2.05, 4.69) is 28.7 Å². The molecule has 0 bridgehead atoms. The normalized spacial score (nSPS) is 24.7. The van der Waals surface area contributed by atoms with Gasteiger partial charge in [0.15, 0.2) is 0 Å². The number of piperazine rings is 1. The predicted octanol–water partition coefficient (Wildman–Crippen LogP) is 1.80. The highest BCUT2D eigenvalue weighted by Gasteiger charge is 2.21. The molecule has 2 aliphatic rings. The average Bonchev–Trinajstić information content (AvgIpc) is 2.54. The number of rotatable bonds is 3. The molecule has 0 N–H and O–H groups in total. The molecule has 1 aromatic rings. The third-order valence-electron chi connectivity index (χ3n) is 4.85. The molecule has 0 unspecified atom stereocenters. The van der Waals surface area contributed by atoms with Gasteiger partial charge >= 0.3 is 0 Å². The second-order valence-electron chi connectivity index (χ2n) is 6.44. The van der Waals surface area contributed by atoms with Gasteiger partial charge < -0.3 is 14.5 Å². The van der Waals surface area contributed by atoms with E-state index in [1.165, 1.54) is 0 Å². The fraction of sp³-hybridized carbons (Fsp3) is 0.647. The van der Waals surface area contributed by atoms with Gasteiger partial charge in [-0.3, -0.25) is 4.90 Å². The SMILES string of the molecule is C[C@H]1CN(Cc2ccc(N3CCOCC3)cc2F)CCN1C. The molecule has 1 aromatic carbocycles. The Morgan fingerprint density at radius 1 is 1.18 bits per heavy atom. The molecule has 22 heavy (non-hydrogen) atoms. The number of morpholine rings is 1. The maximum atomic E-state index is 14.4. The summed E-state index contributed by atoms with van der Waals surface area (Å²) in [4.78, 5) is 6.89. The van der Waals surface area contributed by atoms with Crippen molar-refractivity contribution < 1.29 is 9.13 Å². The molecule has 0 spiro atoms. The Morgan fingerprint density at radius 2 is 1.95 bits per heavy atom. The highest BCUT2D eigenvalue weighted by molar-refractivity contribution is 5.48. The lowest BCUT2D eigenvalue weighted by atomic mass is 10.1. The molecule has 3 rings (SSSR count). The highest BCUT2D eigenvalue weighted by Crippen LogP contribution is 2.21. The molecule has 5 heteroatoms. The molecule has 0 radical (unpaired) electrons. The van der Waals surface area contributed by atoms with Crippen molar-refractivity contribution in [1.29, 1.82) is 0 Å². The molecule has 2 aliphatic heterocycles. The number of hydrogen-bond donors (Lipinski definition) is 0. The topological polar surface area (TPSA) is 19.0 Å². The number of nitrogens with zero attached hydrogens (tertiary/aromatic N) is 3. The van der Waals surface area contributed by atoms with E-state index >= 15 is 0 Å². The Morgan fingerprint density at radius 3 is 2.64 bits per heavy atom. The van der Waals surface area contributed by atoms with Crippen LogP contribution >= 0.6 is 0 Å². The Kier molecular flexibility index (Phi) is 4.96. The largest absolute Gasteiger partial charge is 0.378 e. The molecule has 2 fully saturated rings. The fourth-order valence-electron chi connectivity index (χ4n) is 3.19. The lowest BCUT2D eigenvalue weighted by Crippen LogP contribution is -2.49. The van der Waals surface area contributed by atoms with Gasteiger partial charge in [0.25, 0.3) is 0 Å². The number of anilines is 1. The van der Waals surface area contributed by atoms with E-state index in [0.29, 0.717) is 12.6 Å². The Hall–Kier alpha value is -1.17. The Bertz CT molecular complexity index is 505. The van der Waals surface area contributed by atoms with E-state index in [1.54, 1.807) is 6.07 Å². The van der Waals surface area contributed by atoms with Crippen molar-refractivity contribution in [2.75, 3.05) is 57.9 Å². The molecule has 1 atom stereocenters. The lowest BCUT2D eigenvalue weighted by Gasteiger charge is -2.37. The standard InChI is InChI=1S/C17H26FN3O/c1-14-12-20(6-5-19(14)2)13-15-3-4-16(11-17(15)18)21-7-9-22-10-8-21/h3-4,11,14H,5-10,12-13H2,1-2H3/t14-/m0/s1. The molecular formula is C17H26FN3O. The Labute approximate surface area is 132 Å². The van der Waals surface area contributed by atoms with Gasteiger partial charge in [0, 0.05) is 56.6 Å². The van der Waals surface area contributed by atoms with Crippen LogP contribution in [0.15, 0.2) is 18.2 Å². The highest BCUT2D eigenvalue weighted by atomic mass is 19.1. The summed E-state index contributed by atoms with van der Waals surface area (Å²) in [6, 6.07) is 6.21. The summed E-state index contributed by atoms with van der Waals surface area (Å²) in [6.07, 6.45) is 0. The monoisotopic (exact) mass is 307 g/mol. The molecule has 0 saturated carbocycles. The first kappa shape index (κ1) is 15.7. The van der Waals surface area contributed by atoms with Crippen LogP contribution in [-0.2, 0) is 11.3 Å².